The zero-order valence-corrected chi connectivity index (χ0v) is 12.2. The van der Waals surface area contributed by atoms with E-state index in [1.807, 2.05) is 11.4 Å². The molecule has 0 unspecified atom stereocenters. The molecule has 2 aromatic rings. The lowest BCUT2D eigenvalue weighted by molar-refractivity contribution is 0.580. The largest absolute Gasteiger partial charge is 0.366 e. The minimum Gasteiger partial charge on any atom is -0.366 e. The molecule has 2 heterocycles. The summed E-state index contributed by atoms with van der Waals surface area (Å²) in [6.07, 6.45) is 2.56. The Labute approximate surface area is 116 Å². The lowest BCUT2D eigenvalue weighted by Crippen LogP contribution is -2.27. The zero-order chi connectivity index (χ0) is 13.2. The number of aromatic nitrogens is 1. The molecule has 0 aliphatic carbocycles. The molecule has 0 amide bonds. The average Bonchev–Trinajstić information content (AvgIpc) is 2.73. The number of sulfonamides is 1. The minimum absolute atomic E-state index is 0.148. The molecule has 5 nitrogen and oxygen atoms in total. The summed E-state index contributed by atoms with van der Waals surface area (Å²) in [7, 11) is -3.79. The van der Waals surface area contributed by atoms with Crippen molar-refractivity contribution in [3.8, 4) is 0 Å². The first kappa shape index (κ1) is 13.5. The molecule has 0 saturated heterocycles. The maximum absolute atomic E-state index is 11.9. The van der Waals surface area contributed by atoms with Crippen LogP contribution in [0.15, 0.2) is 44.1 Å². The van der Waals surface area contributed by atoms with Crippen molar-refractivity contribution >= 4 is 37.3 Å². The van der Waals surface area contributed by atoms with Crippen LogP contribution in [-0.2, 0) is 16.6 Å². The first-order valence-corrected chi connectivity index (χ1v) is 8.05. The molecule has 2 aromatic heterocycles. The van der Waals surface area contributed by atoms with Gasteiger partial charge in [-0.15, -0.1) is 11.3 Å². The van der Waals surface area contributed by atoms with Crippen LogP contribution in [0.25, 0.3) is 0 Å². The van der Waals surface area contributed by atoms with Crippen molar-refractivity contribution in [1.29, 1.82) is 0 Å². The van der Waals surface area contributed by atoms with E-state index in [9.17, 15) is 13.2 Å². The second kappa shape index (κ2) is 5.35. The Hall–Kier alpha value is -0.960. The first-order chi connectivity index (χ1) is 8.50. The van der Waals surface area contributed by atoms with Crippen molar-refractivity contribution in [3.05, 3.63) is 49.5 Å². The number of hydrogen-bond donors (Lipinski definition) is 2. The van der Waals surface area contributed by atoms with E-state index in [4.69, 9.17) is 0 Å². The molecule has 18 heavy (non-hydrogen) atoms. The molecule has 0 spiro atoms. The third kappa shape index (κ3) is 2.89. The van der Waals surface area contributed by atoms with Gasteiger partial charge in [0.25, 0.3) is 0 Å². The van der Waals surface area contributed by atoms with Gasteiger partial charge in [-0.05, 0) is 27.4 Å². The number of thiophene rings is 1. The summed E-state index contributed by atoms with van der Waals surface area (Å²) in [5.74, 6) is 0. The summed E-state index contributed by atoms with van der Waals surface area (Å²) in [6.45, 7) is 0.148. The minimum atomic E-state index is -3.79. The number of H-pyrrole nitrogens is 1. The van der Waals surface area contributed by atoms with E-state index in [0.717, 1.165) is 9.35 Å². The Morgan fingerprint density at radius 1 is 1.39 bits per heavy atom. The molecule has 0 aliphatic heterocycles. The molecule has 0 saturated carbocycles. The average molecular weight is 349 g/mol. The maximum Gasteiger partial charge on any atom is 0.246 e. The predicted molar refractivity (Wildman–Crippen MR) is 73.1 cm³/mol. The van der Waals surface area contributed by atoms with Crippen LogP contribution in [0.5, 0.6) is 0 Å². The fourth-order valence-electron chi connectivity index (χ4n) is 1.30. The highest BCUT2D eigenvalue weighted by atomic mass is 79.9. The topological polar surface area (TPSA) is 79.0 Å². The monoisotopic (exact) mass is 348 g/mol. The van der Waals surface area contributed by atoms with Crippen LogP contribution in [0.4, 0.5) is 0 Å². The fourth-order valence-corrected chi connectivity index (χ4v) is 3.87. The lowest BCUT2D eigenvalue weighted by Gasteiger charge is -2.04. The van der Waals surface area contributed by atoms with Crippen molar-refractivity contribution < 1.29 is 8.42 Å². The summed E-state index contributed by atoms with van der Waals surface area (Å²) in [6, 6.07) is 3.01. The third-order valence-electron chi connectivity index (χ3n) is 2.19. The third-order valence-corrected chi connectivity index (χ3v) is 5.54. The van der Waals surface area contributed by atoms with Crippen LogP contribution >= 0.6 is 27.3 Å². The Kier molecular flexibility index (Phi) is 4.00. The van der Waals surface area contributed by atoms with Crippen LogP contribution in [0.3, 0.4) is 0 Å². The first-order valence-electron chi connectivity index (χ1n) is 4.89. The van der Waals surface area contributed by atoms with Crippen LogP contribution in [0.1, 0.15) is 4.88 Å². The van der Waals surface area contributed by atoms with Gasteiger partial charge >= 0.3 is 0 Å². The molecule has 0 radical (unpaired) electrons. The van der Waals surface area contributed by atoms with Crippen LogP contribution in [0.2, 0.25) is 0 Å². The Morgan fingerprint density at radius 2 is 2.17 bits per heavy atom. The van der Waals surface area contributed by atoms with Gasteiger partial charge in [-0.1, -0.05) is 0 Å². The molecular weight excluding hydrogens is 340 g/mol. The number of nitrogens with one attached hydrogen (secondary N) is 2. The van der Waals surface area contributed by atoms with E-state index >= 15 is 0 Å². The summed E-state index contributed by atoms with van der Waals surface area (Å²) in [4.78, 5) is 14.6. The summed E-state index contributed by atoms with van der Waals surface area (Å²) >= 11 is 4.74. The van der Waals surface area contributed by atoms with Gasteiger partial charge in [-0.2, -0.15) is 0 Å². The second-order valence-electron chi connectivity index (χ2n) is 3.39. The van der Waals surface area contributed by atoms with Crippen LogP contribution in [-0.4, -0.2) is 13.4 Å². The second-order valence-corrected chi connectivity index (χ2v) is 6.98. The molecule has 0 bridgehead atoms. The standard InChI is InChI=1S/C10H9BrN2O3S2/c11-7-2-4-17-9(7)5-13-18(15,16)10-6-12-3-1-8(10)14/h1-4,6,13H,5H2,(H,12,14). The van der Waals surface area contributed by atoms with Crippen LogP contribution < -0.4 is 10.2 Å². The van der Waals surface area contributed by atoms with Crippen molar-refractivity contribution in [2.24, 2.45) is 0 Å². The number of pyridine rings is 1. The van der Waals surface area contributed by atoms with Gasteiger partial charge in [0.15, 0.2) is 0 Å². The summed E-state index contributed by atoms with van der Waals surface area (Å²) in [5.41, 5.74) is -0.536. The number of aromatic amines is 1. The van der Waals surface area contributed by atoms with Gasteiger partial charge < -0.3 is 4.98 Å². The highest BCUT2D eigenvalue weighted by Crippen LogP contribution is 2.22. The normalized spacial score (nSPS) is 11.6. The molecule has 0 atom stereocenters. The Morgan fingerprint density at radius 3 is 2.78 bits per heavy atom. The number of rotatable bonds is 4. The zero-order valence-electron chi connectivity index (χ0n) is 9.01. The van der Waals surface area contributed by atoms with Gasteiger partial charge in [-0.25, -0.2) is 13.1 Å². The number of hydrogen-bond acceptors (Lipinski definition) is 4. The van der Waals surface area contributed by atoms with Crippen LogP contribution in [0, 0.1) is 0 Å². The molecule has 0 fully saturated rings. The van der Waals surface area contributed by atoms with E-state index in [0.29, 0.717) is 0 Å². The van der Waals surface area contributed by atoms with E-state index < -0.39 is 15.5 Å². The molecule has 96 valence electrons. The highest BCUT2D eigenvalue weighted by molar-refractivity contribution is 9.10. The van der Waals surface area contributed by atoms with Gasteiger partial charge in [0, 0.05) is 34.4 Å². The SMILES string of the molecule is O=c1cc[nH]cc1S(=O)(=O)NCc1sccc1Br. The van der Waals surface area contributed by atoms with E-state index in [1.165, 1.54) is 29.8 Å². The van der Waals surface area contributed by atoms with E-state index in [-0.39, 0.29) is 11.4 Å². The molecule has 2 rings (SSSR count). The van der Waals surface area contributed by atoms with Crippen molar-refractivity contribution in [2.75, 3.05) is 0 Å². The Balaban J connectivity index is 2.21. The lowest BCUT2D eigenvalue weighted by atomic mass is 10.5. The number of halogens is 1. The summed E-state index contributed by atoms with van der Waals surface area (Å²) in [5, 5.41) is 1.85. The molecular formula is C10H9BrN2O3S2. The molecule has 0 aromatic carbocycles. The highest BCUT2D eigenvalue weighted by Gasteiger charge is 2.17. The van der Waals surface area contributed by atoms with Gasteiger partial charge in [0.2, 0.25) is 15.5 Å². The molecule has 8 heteroatoms. The van der Waals surface area contributed by atoms with E-state index in [2.05, 4.69) is 25.6 Å². The molecule has 2 N–H and O–H groups in total. The van der Waals surface area contributed by atoms with Gasteiger partial charge in [0.05, 0.1) is 0 Å². The quantitative estimate of drug-likeness (QED) is 0.882. The predicted octanol–water partition coefficient (Wildman–Crippen LogP) is 1.68. The smallest absolute Gasteiger partial charge is 0.246 e. The van der Waals surface area contributed by atoms with Crippen molar-refractivity contribution in [1.82, 2.24) is 9.71 Å². The van der Waals surface area contributed by atoms with Crippen molar-refractivity contribution in [2.45, 2.75) is 11.4 Å². The summed E-state index contributed by atoms with van der Waals surface area (Å²) < 4.78 is 27.1. The fraction of sp³-hybridized carbons (Fsp3) is 0.100. The molecule has 0 aliphatic rings. The van der Waals surface area contributed by atoms with E-state index in [1.54, 1.807) is 0 Å². The van der Waals surface area contributed by atoms with Crippen molar-refractivity contribution in [3.63, 3.8) is 0 Å². The maximum atomic E-state index is 11.9. The van der Waals surface area contributed by atoms with Gasteiger partial charge in [-0.3, -0.25) is 4.79 Å². The van der Waals surface area contributed by atoms with Gasteiger partial charge in [0.1, 0.15) is 4.90 Å². The Bertz CT molecular complexity index is 706.